The van der Waals surface area contributed by atoms with Crippen LogP contribution in [0.2, 0.25) is 0 Å². The number of hydrogen-bond donors (Lipinski definition) is 0. The maximum Gasteiger partial charge on any atom is 0.415 e. The van der Waals surface area contributed by atoms with Crippen molar-refractivity contribution >= 4 is 17.6 Å². The lowest BCUT2D eigenvalue weighted by Crippen LogP contribution is -2.39. The Kier molecular flexibility index (Phi) is 7.31. The van der Waals surface area contributed by atoms with Crippen molar-refractivity contribution < 1.29 is 23.9 Å². The zero-order chi connectivity index (χ0) is 28.5. The van der Waals surface area contributed by atoms with Gasteiger partial charge in [-0.2, -0.15) is 0 Å². The molecule has 1 fully saturated rings. The van der Waals surface area contributed by atoms with Gasteiger partial charge in [0.15, 0.2) is 5.60 Å². The first kappa shape index (κ1) is 27.3. The molecule has 11 heteroatoms. The van der Waals surface area contributed by atoms with Crippen LogP contribution in [-0.2, 0) is 11.3 Å². The topological polar surface area (TPSA) is 112 Å². The average Bonchev–Trinajstić information content (AvgIpc) is 3.31. The van der Waals surface area contributed by atoms with E-state index in [1.165, 1.54) is 6.20 Å². The van der Waals surface area contributed by atoms with Gasteiger partial charge in [-0.25, -0.2) is 4.79 Å². The number of fused-ring (bicyclic) bond motifs is 1. The Morgan fingerprint density at radius 1 is 1.05 bits per heavy atom. The molecule has 1 atom stereocenters. The van der Waals surface area contributed by atoms with Gasteiger partial charge in [-0.3, -0.25) is 4.57 Å². The highest BCUT2D eigenvalue weighted by Crippen LogP contribution is 2.32. The molecule has 3 heterocycles. The van der Waals surface area contributed by atoms with E-state index in [9.17, 15) is 14.9 Å². The molecule has 0 saturated carbocycles. The summed E-state index contributed by atoms with van der Waals surface area (Å²) in [4.78, 5) is 30.9. The van der Waals surface area contributed by atoms with Crippen molar-refractivity contribution in [3.63, 3.8) is 0 Å². The lowest BCUT2D eigenvalue weighted by Gasteiger charge is -2.27. The molecule has 0 aliphatic carbocycles. The fourth-order valence-electron chi connectivity index (χ4n) is 4.89. The molecule has 0 bridgehead atoms. The zero-order valence-corrected chi connectivity index (χ0v) is 23.3. The van der Waals surface area contributed by atoms with Gasteiger partial charge in [-0.1, -0.05) is 24.3 Å². The number of carbonyl (C=O) groups is 1. The van der Waals surface area contributed by atoms with Gasteiger partial charge in [0, 0.05) is 36.9 Å². The lowest BCUT2D eigenvalue weighted by atomic mass is 10.0. The van der Waals surface area contributed by atoms with E-state index in [-0.39, 0.29) is 24.5 Å². The highest BCUT2D eigenvalue weighted by atomic mass is 16.6. The summed E-state index contributed by atoms with van der Waals surface area (Å²) in [5.74, 6) is 0.484. The Balaban J connectivity index is 1.14. The Labute approximate surface area is 233 Å². The average molecular weight is 550 g/mol. The van der Waals surface area contributed by atoms with Crippen LogP contribution in [0.1, 0.15) is 34.1 Å². The molecular weight excluding hydrogens is 514 g/mol. The quantitative estimate of drug-likeness (QED) is 0.307. The summed E-state index contributed by atoms with van der Waals surface area (Å²) in [6, 6.07) is 16.6. The maximum absolute atomic E-state index is 12.5. The summed E-state index contributed by atoms with van der Waals surface area (Å²) in [6.07, 6.45) is 2.02. The van der Waals surface area contributed by atoms with E-state index in [0.29, 0.717) is 25.4 Å². The van der Waals surface area contributed by atoms with Crippen LogP contribution in [0.15, 0.2) is 54.7 Å². The first-order valence-corrected chi connectivity index (χ1v) is 13.4. The van der Waals surface area contributed by atoms with Crippen LogP contribution in [0.4, 0.5) is 16.3 Å². The van der Waals surface area contributed by atoms with Gasteiger partial charge >= 0.3 is 17.9 Å². The first-order chi connectivity index (χ1) is 19.0. The largest absolute Gasteiger partial charge is 0.489 e. The molecule has 1 amide bonds. The number of benzene rings is 2. The summed E-state index contributed by atoms with van der Waals surface area (Å²) >= 11 is 0. The molecule has 2 aliphatic heterocycles. The van der Waals surface area contributed by atoms with Crippen LogP contribution < -0.4 is 14.4 Å². The van der Waals surface area contributed by atoms with E-state index in [4.69, 9.17) is 14.2 Å². The van der Waals surface area contributed by atoms with Gasteiger partial charge in [0.1, 0.15) is 24.2 Å². The van der Waals surface area contributed by atoms with Gasteiger partial charge < -0.3 is 34.1 Å². The normalized spacial score (nSPS) is 19.0. The van der Waals surface area contributed by atoms with Gasteiger partial charge in [0.05, 0.1) is 6.54 Å². The standard InChI is InChI=1S/C29H35N5O6/c1-28(2,3)40-27(35)32-15-5-14-31(16-17-32)23-10-6-21(7-11-23)22-8-12-24(13-9-22)38-20-29(4)19-33-18-25(34(36)37)30-26(33)39-29/h6-13,18H,5,14-17,19-20H2,1-4H3/t29-/m1/s1. The van der Waals surface area contributed by atoms with Crippen molar-refractivity contribution in [2.75, 3.05) is 37.7 Å². The van der Waals surface area contributed by atoms with Crippen molar-refractivity contribution in [1.29, 1.82) is 0 Å². The maximum atomic E-state index is 12.5. The molecule has 2 aliphatic rings. The van der Waals surface area contributed by atoms with Crippen molar-refractivity contribution in [3.05, 3.63) is 64.8 Å². The number of imidazole rings is 1. The van der Waals surface area contributed by atoms with Crippen molar-refractivity contribution in [3.8, 4) is 22.9 Å². The summed E-state index contributed by atoms with van der Waals surface area (Å²) in [6.45, 7) is 11.2. The molecule has 11 nitrogen and oxygen atoms in total. The number of nitrogens with zero attached hydrogens (tertiary/aromatic N) is 5. The fraction of sp³-hybridized carbons (Fsp3) is 0.448. The smallest absolute Gasteiger partial charge is 0.415 e. The number of rotatable bonds is 6. The minimum atomic E-state index is -0.663. The first-order valence-electron chi connectivity index (χ1n) is 13.4. The second-order valence-corrected chi connectivity index (χ2v) is 11.5. The van der Waals surface area contributed by atoms with Gasteiger partial charge in [0.25, 0.3) is 0 Å². The van der Waals surface area contributed by atoms with E-state index >= 15 is 0 Å². The number of nitro groups is 1. The molecule has 2 aromatic carbocycles. The molecule has 0 N–H and O–H groups in total. The summed E-state index contributed by atoms with van der Waals surface area (Å²) in [7, 11) is 0. The number of amides is 1. The molecule has 0 radical (unpaired) electrons. The minimum absolute atomic E-state index is 0.224. The van der Waals surface area contributed by atoms with Crippen molar-refractivity contribution in [1.82, 2.24) is 14.5 Å². The molecular formula is C29H35N5O6. The third-order valence-electron chi connectivity index (χ3n) is 6.87. The molecule has 212 valence electrons. The Morgan fingerprint density at radius 2 is 1.73 bits per heavy atom. The highest BCUT2D eigenvalue weighted by Gasteiger charge is 2.41. The van der Waals surface area contributed by atoms with Gasteiger partial charge in [0.2, 0.25) is 0 Å². The van der Waals surface area contributed by atoms with Crippen LogP contribution in [-0.4, -0.2) is 69.5 Å². The Morgan fingerprint density at radius 3 is 2.35 bits per heavy atom. The number of anilines is 1. The monoisotopic (exact) mass is 549 g/mol. The van der Waals surface area contributed by atoms with E-state index in [1.807, 2.05) is 52.0 Å². The molecule has 40 heavy (non-hydrogen) atoms. The van der Waals surface area contributed by atoms with E-state index in [2.05, 4.69) is 34.1 Å². The van der Waals surface area contributed by atoms with Crippen molar-refractivity contribution in [2.45, 2.75) is 51.9 Å². The molecule has 3 aromatic rings. The fourth-order valence-corrected chi connectivity index (χ4v) is 4.89. The van der Waals surface area contributed by atoms with Crippen LogP contribution >= 0.6 is 0 Å². The van der Waals surface area contributed by atoms with E-state index < -0.39 is 16.1 Å². The third-order valence-corrected chi connectivity index (χ3v) is 6.87. The van der Waals surface area contributed by atoms with Crippen LogP contribution in [0, 0.1) is 10.1 Å². The predicted octanol–water partition coefficient (Wildman–Crippen LogP) is 5.14. The second-order valence-electron chi connectivity index (χ2n) is 11.5. The third kappa shape index (κ3) is 6.30. The van der Waals surface area contributed by atoms with Crippen LogP contribution in [0.25, 0.3) is 11.1 Å². The molecule has 5 rings (SSSR count). The van der Waals surface area contributed by atoms with Crippen molar-refractivity contribution in [2.24, 2.45) is 0 Å². The summed E-state index contributed by atoms with van der Waals surface area (Å²) in [5.41, 5.74) is 2.14. The number of carbonyl (C=O) groups excluding carboxylic acids is 1. The van der Waals surface area contributed by atoms with Crippen LogP contribution in [0.5, 0.6) is 11.8 Å². The highest BCUT2D eigenvalue weighted by molar-refractivity contribution is 5.69. The molecule has 1 aromatic heterocycles. The van der Waals surface area contributed by atoms with E-state index in [0.717, 1.165) is 36.3 Å². The summed E-state index contributed by atoms with van der Waals surface area (Å²) < 4.78 is 19.0. The lowest BCUT2D eigenvalue weighted by molar-refractivity contribution is -0.389. The zero-order valence-electron chi connectivity index (χ0n) is 23.3. The number of ether oxygens (including phenoxy) is 3. The summed E-state index contributed by atoms with van der Waals surface area (Å²) in [5, 5.41) is 10.9. The van der Waals surface area contributed by atoms with Crippen LogP contribution in [0.3, 0.4) is 0 Å². The van der Waals surface area contributed by atoms with E-state index in [1.54, 1.807) is 9.47 Å². The number of hydrogen-bond acceptors (Lipinski definition) is 8. The van der Waals surface area contributed by atoms with Gasteiger partial charge in [-0.15, -0.1) is 0 Å². The Bertz CT molecular complexity index is 1340. The number of aromatic nitrogens is 2. The second kappa shape index (κ2) is 10.7. The predicted molar refractivity (Wildman–Crippen MR) is 150 cm³/mol. The molecule has 1 saturated heterocycles. The SMILES string of the molecule is CC(C)(C)OC(=O)N1CCCN(c2ccc(-c3ccc(OC[C@@]4(C)Cn5cc([N+](=O)[O-])nc5O4)cc3)cc2)CC1. The molecule has 0 spiro atoms. The Hall–Kier alpha value is -4.28. The minimum Gasteiger partial charge on any atom is -0.489 e. The van der Waals surface area contributed by atoms with Gasteiger partial charge in [-0.05, 0) is 74.4 Å². The molecule has 0 unspecified atom stereocenters.